The molecule has 3 unspecified atom stereocenters. The molecule has 17 heavy (non-hydrogen) atoms. The van der Waals surface area contributed by atoms with Crippen molar-refractivity contribution in [3.8, 4) is 0 Å². The van der Waals surface area contributed by atoms with Crippen molar-refractivity contribution in [3.63, 3.8) is 0 Å². The van der Waals surface area contributed by atoms with Crippen LogP contribution in [0, 0.1) is 11.3 Å². The Bertz CT molecular complexity index is 257. The molecule has 2 aliphatic rings. The predicted molar refractivity (Wildman–Crippen MR) is 67.4 cm³/mol. The smallest absolute Gasteiger partial charge is 0.0939 e. The molecule has 2 heterocycles. The van der Waals surface area contributed by atoms with Crippen molar-refractivity contribution in [2.45, 2.75) is 51.7 Å². The lowest BCUT2D eigenvalue weighted by molar-refractivity contribution is -0.108. The van der Waals surface area contributed by atoms with E-state index in [1.807, 2.05) is 0 Å². The molecule has 1 spiro atoms. The Morgan fingerprint density at radius 3 is 2.65 bits per heavy atom. The minimum Gasteiger partial charge on any atom is -0.378 e. The SMILES string of the molecule is CC(C)(C)C(NN)C1CCOC2(CCOC2)C1. The Hall–Kier alpha value is -0.160. The van der Waals surface area contributed by atoms with Gasteiger partial charge in [0.25, 0.3) is 0 Å². The van der Waals surface area contributed by atoms with Gasteiger partial charge in [-0.25, -0.2) is 0 Å². The third-order valence-electron chi connectivity index (χ3n) is 4.18. The third kappa shape index (κ3) is 2.81. The Balaban J connectivity index is 2.05. The molecule has 3 N–H and O–H groups in total. The van der Waals surface area contributed by atoms with Crippen molar-refractivity contribution in [2.24, 2.45) is 17.2 Å². The molecular weight excluding hydrogens is 216 g/mol. The second kappa shape index (κ2) is 4.84. The molecule has 0 aliphatic carbocycles. The second-order valence-corrected chi connectivity index (χ2v) is 6.60. The van der Waals surface area contributed by atoms with Gasteiger partial charge in [-0.15, -0.1) is 0 Å². The van der Waals surface area contributed by atoms with Crippen molar-refractivity contribution in [1.29, 1.82) is 0 Å². The summed E-state index contributed by atoms with van der Waals surface area (Å²) in [5.74, 6) is 6.33. The molecule has 0 amide bonds. The number of nitrogens with one attached hydrogen (secondary N) is 1. The number of hydrazine groups is 1. The van der Waals surface area contributed by atoms with E-state index in [0.717, 1.165) is 39.1 Å². The lowest BCUT2D eigenvalue weighted by Gasteiger charge is -2.44. The summed E-state index contributed by atoms with van der Waals surface area (Å²) in [4.78, 5) is 0. The molecule has 0 aromatic heterocycles. The monoisotopic (exact) mass is 242 g/mol. The maximum atomic E-state index is 5.97. The summed E-state index contributed by atoms with van der Waals surface area (Å²) in [6.45, 7) is 9.15. The van der Waals surface area contributed by atoms with Crippen LogP contribution in [-0.4, -0.2) is 31.5 Å². The van der Waals surface area contributed by atoms with Gasteiger partial charge < -0.3 is 9.47 Å². The van der Waals surface area contributed by atoms with E-state index in [1.165, 1.54) is 0 Å². The van der Waals surface area contributed by atoms with Gasteiger partial charge in [-0.3, -0.25) is 11.3 Å². The van der Waals surface area contributed by atoms with E-state index in [4.69, 9.17) is 15.3 Å². The van der Waals surface area contributed by atoms with Gasteiger partial charge in [0, 0.05) is 25.7 Å². The highest BCUT2D eigenvalue weighted by atomic mass is 16.6. The molecule has 2 rings (SSSR count). The molecule has 100 valence electrons. The van der Waals surface area contributed by atoms with E-state index >= 15 is 0 Å². The van der Waals surface area contributed by atoms with Crippen LogP contribution in [0.1, 0.15) is 40.0 Å². The largest absolute Gasteiger partial charge is 0.378 e. The van der Waals surface area contributed by atoms with Gasteiger partial charge in [0.2, 0.25) is 0 Å². The number of hydrogen-bond acceptors (Lipinski definition) is 4. The Labute approximate surface area is 104 Å². The van der Waals surface area contributed by atoms with Crippen molar-refractivity contribution in [2.75, 3.05) is 19.8 Å². The molecule has 0 radical (unpaired) electrons. The van der Waals surface area contributed by atoms with Crippen LogP contribution in [0.15, 0.2) is 0 Å². The highest BCUT2D eigenvalue weighted by Crippen LogP contribution is 2.40. The molecule has 4 heteroatoms. The molecule has 3 atom stereocenters. The Kier molecular flexibility index (Phi) is 3.78. The van der Waals surface area contributed by atoms with Crippen molar-refractivity contribution in [3.05, 3.63) is 0 Å². The fraction of sp³-hybridized carbons (Fsp3) is 1.00. The first kappa shape index (κ1) is 13.3. The maximum Gasteiger partial charge on any atom is 0.0939 e. The molecule has 0 bridgehead atoms. The number of ether oxygens (including phenoxy) is 2. The average molecular weight is 242 g/mol. The zero-order valence-electron chi connectivity index (χ0n) is 11.3. The summed E-state index contributed by atoms with van der Waals surface area (Å²) in [6.07, 6.45) is 3.19. The first-order valence-corrected chi connectivity index (χ1v) is 6.65. The predicted octanol–water partition coefficient (Wildman–Crippen LogP) is 1.45. The number of hydrogen-bond donors (Lipinski definition) is 2. The van der Waals surface area contributed by atoms with Crippen molar-refractivity contribution < 1.29 is 9.47 Å². The summed E-state index contributed by atoms with van der Waals surface area (Å²) in [5, 5.41) is 0. The van der Waals surface area contributed by atoms with Crippen LogP contribution in [0.25, 0.3) is 0 Å². The summed E-state index contributed by atoms with van der Waals surface area (Å²) in [6, 6.07) is 0.337. The Morgan fingerprint density at radius 2 is 2.12 bits per heavy atom. The average Bonchev–Trinajstić information content (AvgIpc) is 2.65. The van der Waals surface area contributed by atoms with E-state index in [-0.39, 0.29) is 11.0 Å². The normalized spacial score (nSPS) is 36.4. The van der Waals surface area contributed by atoms with Gasteiger partial charge in [-0.1, -0.05) is 20.8 Å². The van der Waals surface area contributed by atoms with Crippen LogP contribution >= 0.6 is 0 Å². The van der Waals surface area contributed by atoms with Crippen LogP contribution in [-0.2, 0) is 9.47 Å². The molecule has 0 saturated carbocycles. The zero-order valence-corrected chi connectivity index (χ0v) is 11.3. The molecule has 2 aliphatic heterocycles. The van der Waals surface area contributed by atoms with Gasteiger partial charge in [-0.2, -0.15) is 0 Å². The number of nitrogens with two attached hydrogens (primary N) is 1. The highest BCUT2D eigenvalue weighted by molar-refractivity contribution is 4.96. The van der Waals surface area contributed by atoms with Crippen molar-refractivity contribution in [1.82, 2.24) is 5.43 Å². The summed E-state index contributed by atoms with van der Waals surface area (Å²) in [7, 11) is 0. The Morgan fingerprint density at radius 1 is 1.35 bits per heavy atom. The maximum absolute atomic E-state index is 5.97. The summed E-state index contributed by atoms with van der Waals surface area (Å²) < 4.78 is 11.5. The second-order valence-electron chi connectivity index (χ2n) is 6.60. The number of rotatable bonds is 2. The zero-order chi connectivity index (χ0) is 12.5. The van der Waals surface area contributed by atoms with E-state index in [2.05, 4.69) is 26.2 Å². The first-order valence-electron chi connectivity index (χ1n) is 6.65. The third-order valence-corrected chi connectivity index (χ3v) is 4.18. The topological polar surface area (TPSA) is 56.5 Å². The van der Waals surface area contributed by atoms with Crippen LogP contribution < -0.4 is 11.3 Å². The summed E-state index contributed by atoms with van der Waals surface area (Å²) >= 11 is 0. The quantitative estimate of drug-likeness (QED) is 0.568. The highest BCUT2D eigenvalue weighted by Gasteiger charge is 2.44. The lowest BCUT2D eigenvalue weighted by atomic mass is 9.72. The molecular formula is C13H26N2O2. The standard InChI is InChI=1S/C13H26N2O2/c1-12(2,3)11(15-14)10-4-6-17-13(8-10)5-7-16-9-13/h10-11,15H,4-9,14H2,1-3H3. The molecule has 4 nitrogen and oxygen atoms in total. The minimum atomic E-state index is -0.0245. The van der Waals surface area contributed by atoms with Crippen molar-refractivity contribution >= 4 is 0 Å². The molecule has 0 aromatic rings. The summed E-state index contributed by atoms with van der Waals surface area (Å²) in [5.41, 5.74) is 3.18. The fourth-order valence-electron chi connectivity index (χ4n) is 3.31. The van der Waals surface area contributed by atoms with Crippen LogP contribution in [0.3, 0.4) is 0 Å². The molecule has 0 aromatic carbocycles. The lowest BCUT2D eigenvalue weighted by Crippen LogP contribution is -2.54. The van der Waals surface area contributed by atoms with Gasteiger partial charge in [-0.05, 0) is 24.2 Å². The molecule has 2 fully saturated rings. The van der Waals surface area contributed by atoms with E-state index in [9.17, 15) is 0 Å². The van der Waals surface area contributed by atoms with Gasteiger partial charge in [0.1, 0.15) is 0 Å². The van der Waals surface area contributed by atoms with Gasteiger partial charge in [0.15, 0.2) is 0 Å². The van der Waals surface area contributed by atoms with E-state index in [0.29, 0.717) is 12.0 Å². The van der Waals surface area contributed by atoms with Gasteiger partial charge in [0.05, 0.1) is 12.2 Å². The minimum absolute atomic E-state index is 0.0245. The van der Waals surface area contributed by atoms with Crippen LogP contribution in [0.2, 0.25) is 0 Å². The fourth-order valence-corrected chi connectivity index (χ4v) is 3.31. The van der Waals surface area contributed by atoms with E-state index in [1.54, 1.807) is 0 Å². The molecule has 2 saturated heterocycles. The first-order chi connectivity index (χ1) is 7.97. The van der Waals surface area contributed by atoms with Crippen LogP contribution in [0.5, 0.6) is 0 Å². The van der Waals surface area contributed by atoms with Crippen LogP contribution in [0.4, 0.5) is 0 Å². The van der Waals surface area contributed by atoms with E-state index < -0.39 is 0 Å². The van der Waals surface area contributed by atoms with Gasteiger partial charge >= 0.3 is 0 Å².